The maximum Gasteiger partial charge on any atom is 0.273 e. The standard InChI is InChI=1S/C11H15F2NO4S/c1-17-10-8-9(4-6-14-10)11(12,13)5-3-7-18-19(2,15)16/h4,6,8H,3,5,7H2,1-2H3. The molecule has 0 unspecified atom stereocenters. The topological polar surface area (TPSA) is 65.5 Å². The van der Waals surface area contributed by atoms with Gasteiger partial charge >= 0.3 is 0 Å². The van der Waals surface area contributed by atoms with Crippen LogP contribution in [0.2, 0.25) is 0 Å². The Labute approximate surface area is 110 Å². The van der Waals surface area contributed by atoms with Crippen molar-refractivity contribution in [3.05, 3.63) is 23.9 Å². The fourth-order valence-electron chi connectivity index (χ4n) is 1.40. The van der Waals surface area contributed by atoms with Crippen LogP contribution in [0.4, 0.5) is 8.78 Å². The first-order valence-corrected chi connectivity index (χ1v) is 7.29. The number of rotatable bonds is 7. The van der Waals surface area contributed by atoms with E-state index in [2.05, 4.69) is 9.17 Å². The van der Waals surface area contributed by atoms with Gasteiger partial charge in [0.1, 0.15) is 0 Å². The average Bonchev–Trinajstić information content (AvgIpc) is 2.34. The predicted molar refractivity (Wildman–Crippen MR) is 64.7 cm³/mol. The minimum atomic E-state index is -3.59. The highest BCUT2D eigenvalue weighted by Crippen LogP contribution is 2.33. The summed E-state index contributed by atoms with van der Waals surface area (Å²) in [5, 5.41) is 0. The second kappa shape index (κ2) is 6.25. The summed E-state index contributed by atoms with van der Waals surface area (Å²) in [5.41, 5.74) is -0.223. The molecule has 0 spiro atoms. The zero-order valence-electron chi connectivity index (χ0n) is 10.6. The summed E-state index contributed by atoms with van der Waals surface area (Å²) >= 11 is 0. The largest absolute Gasteiger partial charge is 0.481 e. The zero-order chi connectivity index (χ0) is 14.5. The van der Waals surface area contributed by atoms with Crippen LogP contribution in [0.3, 0.4) is 0 Å². The molecule has 0 amide bonds. The normalized spacial score (nSPS) is 12.4. The summed E-state index contributed by atoms with van der Waals surface area (Å²) in [7, 11) is -2.25. The molecule has 0 aliphatic carbocycles. The molecule has 0 fully saturated rings. The minimum absolute atomic E-state index is 0.0787. The van der Waals surface area contributed by atoms with E-state index in [9.17, 15) is 17.2 Å². The van der Waals surface area contributed by atoms with Crippen LogP contribution in [0.15, 0.2) is 18.3 Å². The number of pyridine rings is 1. The number of hydrogen-bond donors (Lipinski definition) is 0. The van der Waals surface area contributed by atoms with Gasteiger partial charge in [0.25, 0.3) is 16.0 Å². The number of aromatic nitrogens is 1. The summed E-state index contributed by atoms with van der Waals surface area (Å²) in [4.78, 5) is 3.74. The van der Waals surface area contributed by atoms with Crippen LogP contribution < -0.4 is 4.74 Å². The van der Waals surface area contributed by atoms with E-state index in [4.69, 9.17) is 4.74 Å². The van der Waals surface area contributed by atoms with Crippen molar-refractivity contribution in [1.29, 1.82) is 0 Å². The smallest absolute Gasteiger partial charge is 0.273 e. The Morgan fingerprint density at radius 3 is 2.68 bits per heavy atom. The fourth-order valence-corrected chi connectivity index (χ4v) is 1.82. The van der Waals surface area contributed by atoms with Gasteiger partial charge in [0, 0.05) is 24.2 Å². The third kappa shape index (κ3) is 5.48. The van der Waals surface area contributed by atoms with Crippen LogP contribution >= 0.6 is 0 Å². The van der Waals surface area contributed by atoms with E-state index in [0.717, 1.165) is 12.3 Å². The van der Waals surface area contributed by atoms with E-state index >= 15 is 0 Å². The van der Waals surface area contributed by atoms with E-state index in [1.54, 1.807) is 0 Å². The summed E-state index contributed by atoms with van der Waals surface area (Å²) in [5.74, 6) is -2.98. The van der Waals surface area contributed by atoms with Crippen molar-refractivity contribution in [2.24, 2.45) is 0 Å². The molecule has 0 bridgehead atoms. The van der Waals surface area contributed by atoms with Crippen molar-refractivity contribution in [3.63, 3.8) is 0 Å². The Morgan fingerprint density at radius 2 is 2.11 bits per heavy atom. The van der Waals surface area contributed by atoms with E-state index < -0.39 is 22.5 Å². The molecule has 1 rings (SSSR count). The molecule has 1 heterocycles. The summed E-state index contributed by atoms with van der Waals surface area (Å²) < 4.78 is 58.1. The molecule has 0 aromatic carbocycles. The van der Waals surface area contributed by atoms with Gasteiger partial charge in [-0.25, -0.2) is 13.8 Å². The molecule has 0 aliphatic rings. The van der Waals surface area contributed by atoms with Crippen LogP contribution in [0.5, 0.6) is 5.88 Å². The third-order valence-electron chi connectivity index (χ3n) is 2.30. The Hall–Kier alpha value is -1.28. The molecule has 0 radical (unpaired) electrons. The number of nitrogens with zero attached hydrogens (tertiary/aromatic N) is 1. The molecular weight excluding hydrogens is 280 g/mol. The lowest BCUT2D eigenvalue weighted by atomic mass is 10.1. The van der Waals surface area contributed by atoms with E-state index in [1.165, 1.54) is 19.4 Å². The van der Waals surface area contributed by atoms with Gasteiger partial charge in [-0.3, -0.25) is 4.18 Å². The molecule has 5 nitrogen and oxygen atoms in total. The Balaban J connectivity index is 2.59. The van der Waals surface area contributed by atoms with Gasteiger partial charge in [0.2, 0.25) is 5.88 Å². The molecule has 19 heavy (non-hydrogen) atoms. The third-order valence-corrected chi connectivity index (χ3v) is 2.89. The first-order valence-electron chi connectivity index (χ1n) is 5.47. The molecule has 1 aromatic rings. The highest BCUT2D eigenvalue weighted by atomic mass is 32.2. The lowest BCUT2D eigenvalue weighted by Gasteiger charge is -2.16. The minimum Gasteiger partial charge on any atom is -0.481 e. The molecule has 0 N–H and O–H groups in total. The number of halogens is 2. The van der Waals surface area contributed by atoms with Crippen LogP contribution in [-0.4, -0.2) is 33.4 Å². The Morgan fingerprint density at radius 1 is 1.42 bits per heavy atom. The highest BCUT2D eigenvalue weighted by Gasteiger charge is 2.31. The number of ether oxygens (including phenoxy) is 1. The van der Waals surface area contributed by atoms with Crippen LogP contribution in [0.1, 0.15) is 18.4 Å². The number of hydrogen-bond acceptors (Lipinski definition) is 5. The Kier molecular flexibility index (Phi) is 5.19. The maximum absolute atomic E-state index is 13.8. The second-order valence-corrected chi connectivity index (χ2v) is 5.56. The van der Waals surface area contributed by atoms with Gasteiger partial charge in [0.15, 0.2) is 0 Å². The quantitative estimate of drug-likeness (QED) is 0.568. The Bertz CT molecular complexity index is 519. The van der Waals surface area contributed by atoms with Crippen molar-refractivity contribution in [2.45, 2.75) is 18.8 Å². The predicted octanol–water partition coefficient (Wildman–Crippen LogP) is 1.94. The van der Waals surface area contributed by atoms with Gasteiger partial charge < -0.3 is 4.74 Å². The lowest BCUT2D eigenvalue weighted by Crippen LogP contribution is -2.15. The van der Waals surface area contributed by atoms with Gasteiger partial charge in [-0.05, 0) is 12.5 Å². The molecule has 1 aromatic heterocycles. The first-order chi connectivity index (χ1) is 8.74. The molecule has 8 heteroatoms. The van der Waals surface area contributed by atoms with Crippen molar-refractivity contribution in [3.8, 4) is 5.88 Å². The van der Waals surface area contributed by atoms with Crippen LogP contribution in [-0.2, 0) is 20.2 Å². The molecule has 0 saturated carbocycles. The summed E-state index contributed by atoms with van der Waals surface area (Å²) in [6.07, 6.45) is 1.51. The fraction of sp³-hybridized carbons (Fsp3) is 0.545. The number of methoxy groups -OCH3 is 1. The zero-order valence-corrected chi connectivity index (χ0v) is 11.4. The highest BCUT2D eigenvalue weighted by molar-refractivity contribution is 7.85. The van der Waals surface area contributed by atoms with Crippen molar-refractivity contribution in [2.75, 3.05) is 20.0 Å². The number of alkyl halides is 2. The van der Waals surface area contributed by atoms with Crippen molar-refractivity contribution >= 4 is 10.1 Å². The monoisotopic (exact) mass is 295 g/mol. The molecule has 108 valence electrons. The molecule has 0 aliphatic heterocycles. The summed E-state index contributed by atoms with van der Waals surface area (Å²) in [6, 6.07) is 2.34. The molecule has 0 saturated heterocycles. The average molecular weight is 295 g/mol. The molecular formula is C11H15F2NO4S. The van der Waals surface area contributed by atoms with Gasteiger partial charge in [-0.2, -0.15) is 8.42 Å². The summed E-state index contributed by atoms with van der Waals surface area (Å²) in [6.45, 7) is -0.267. The lowest BCUT2D eigenvalue weighted by molar-refractivity contribution is -0.0182. The van der Waals surface area contributed by atoms with Crippen LogP contribution in [0, 0.1) is 0 Å². The van der Waals surface area contributed by atoms with Gasteiger partial charge in [0.05, 0.1) is 20.0 Å². The maximum atomic E-state index is 13.8. The van der Waals surface area contributed by atoms with Gasteiger partial charge in [-0.15, -0.1) is 0 Å². The van der Waals surface area contributed by atoms with E-state index in [1.807, 2.05) is 0 Å². The van der Waals surface area contributed by atoms with Crippen LogP contribution in [0.25, 0.3) is 0 Å². The second-order valence-electron chi connectivity index (χ2n) is 3.92. The van der Waals surface area contributed by atoms with E-state index in [0.29, 0.717) is 0 Å². The van der Waals surface area contributed by atoms with Crippen molar-refractivity contribution < 1.29 is 26.1 Å². The van der Waals surface area contributed by atoms with Crippen molar-refractivity contribution in [1.82, 2.24) is 4.98 Å². The first kappa shape index (κ1) is 15.8. The molecule has 0 atom stereocenters. The SMILES string of the molecule is COc1cc(C(F)(F)CCCOS(C)(=O)=O)ccn1. The van der Waals surface area contributed by atoms with E-state index in [-0.39, 0.29) is 24.5 Å². The van der Waals surface area contributed by atoms with Gasteiger partial charge in [-0.1, -0.05) is 0 Å².